The van der Waals surface area contributed by atoms with Crippen molar-refractivity contribution >= 4 is 40.0 Å². The van der Waals surface area contributed by atoms with E-state index in [0.717, 1.165) is 11.6 Å². The fourth-order valence-electron chi connectivity index (χ4n) is 1.85. The molecule has 0 aliphatic carbocycles. The molecule has 0 aliphatic heterocycles. The van der Waals surface area contributed by atoms with Crippen molar-refractivity contribution < 1.29 is 14.1 Å². The van der Waals surface area contributed by atoms with Gasteiger partial charge in [-0.2, -0.15) is 5.26 Å². The molecule has 0 atom stereocenters. The van der Waals surface area contributed by atoms with Gasteiger partial charge in [0, 0.05) is 5.75 Å². The summed E-state index contributed by atoms with van der Waals surface area (Å²) in [4.78, 5) is 21.8. The second-order valence-electron chi connectivity index (χ2n) is 4.82. The monoisotopic (exact) mass is 387 g/mol. The average Bonchev–Trinajstić information content (AvgIpc) is 3.30. The Bertz CT molecular complexity index is 990. The molecule has 11 heteroatoms. The highest BCUT2D eigenvalue weighted by Crippen LogP contribution is 2.28. The molecule has 0 unspecified atom stereocenters. The Balaban J connectivity index is 1.57. The van der Waals surface area contributed by atoms with Crippen LogP contribution < -0.4 is 5.32 Å². The first kappa shape index (κ1) is 17.6. The van der Waals surface area contributed by atoms with Gasteiger partial charge < -0.3 is 4.42 Å². The van der Waals surface area contributed by atoms with E-state index in [0.29, 0.717) is 15.7 Å². The predicted molar refractivity (Wildman–Crippen MR) is 93.9 cm³/mol. The van der Waals surface area contributed by atoms with Crippen LogP contribution in [0.5, 0.6) is 0 Å². The zero-order valence-corrected chi connectivity index (χ0v) is 14.5. The molecule has 26 heavy (non-hydrogen) atoms. The number of carbonyl (C=O) groups excluding carboxylic acids is 1. The largest absolute Gasteiger partial charge is 0.433 e. The number of nitrogens with zero attached hydrogens (tertiary/aromatic N) is 4. The van der Waals surface area contributed by atoms with Crippen molar-refractivity contribution in [2.75, 3.05) is 5.32 Å². The number of thioether (sulfide) groups is 1. The smallest absolute Gasteiger partial charge is 0.395 e. The number of nitriles is 1. The second-order valence-corrected chi connectivity index (χ2v) is 7.02. The second kappa shape index (κ2) is 7.77. The molecule has 2 aromatic heterocycles. The minimum atomic E-state index is -0.723. The normalized spacial score (nSPS) is 10.3. The SMILES string of the molecule is N#Cc1ccc(CSc2nnc(NC(=O)c3ccc([N+](=O)[O-])o3)s2)cc1. The van der Waals surface area contributed by atoms with Gasteiger partial charge in [-0.25, -0.2) is 0 Å². The lowest BCUT2D eigenvalue weighted by molar-refractivity contribution is -0.402. The summed E-state index contributed by atoms with van der Waals surface area (Å²) in [7, 11) is 0. The van der Waals surface area contributed by atoms with Crippen molar-refractivity contribution in [3.05, 3.63) is 63.4 Å². The molecule has 2 heterocycles. The molecule has 1 aromatic carbocycles. The Hall–Kier alpha value is -3.23. The van der Waals surface area contributed by atoms with Crippen molar-refractivity contribution in [3.63, 3.8) is 0 Å². The van der Waals surface area contributed by atoms with E-state index in [9.17, 15) is 14.9 Å². The minimum Gasteiger partial charge on any atom is -0.395 e. The third-order valence-corrected chi connectivity index (χ3v) is 5.11. The van der Waals surface area contributed by atoms with Gasteiger partial charge in [0.1, 0.15) is 4.92 Å². The number of furan rings is 1. The first-order chi connectivity index (χ1) is 12.5. The van der Waals surface area contributed by atoms with E-state index in [1.165, 1.54) is 29.2 Å². The number of rotatable bonds is 6. The molecule has 0 spiro atoms. The summed E-state index contributed by atoms with van der Waals surface area (Å²) in [6.07, 6.45) is 0. The number of nitro groups is 1. The Kier molecular flexibility index (Phi) is 5.26. The van der Waals surface area contributed by atoms with Gasteiger partial charge >= 0.3 is 5.88 Å². The van der Waals surface area contributed by atoms with E-state index in [-0.39, 0.29) is 10.9 Å². The van der Waals surface area contributed by atoms with Gasteiger partial charge in [-0.3, -0.25) is 20.2 Å². The summed E-state index contributed by atoms with van der Waals surface area (Å²) in [6, 6.07) is 11.6. The first-order valence-electron chi connectivity index (χ1n) is 7.06. The summed E-state index contributed by atoms with van der Waals surface area (Å²) in [5.41, 5.74) is 1.62. The van der Waals surface area contributed by atoms with Gasteiger partial charge in [0.25, 0.3) is 5.91 Å². The Morgan fingerprint density at radius 1 is 1.31 bits per heavy atom. The molecule has 0 fully saturated rings. The van der Waals surface area contributed by atoms with Crippen LogP contribution >= 0.6 is 23.1 Å². The maximum absolute atomic E-state index is 12.0. The summed E-state index contributed by atoms with van der Waals surface area (Å²) in [6.45, 7) is 0. The lowest BCUT2D eigenvalue weighted by Crippen LogP contribution is -2.10. The Morgan fingerprint density at radius 2 is 2.08 bits per heavy atom. The predicted octanol–water partition coefficient (Wildman–Crippen LogP) is 3.46. The Morgan fingerprint density at radius 3 is 2.73 bits per heavy atom. The van der Waals surface area contributed by atoms with Gasteiger partial charge in [-0.1, -0.05) is 35.2 Å². The van der Waals surface area contributed by atoms with Crippen LogP contribution in [0.25, 0.3) is 0 Å². The number of aromatic nitrogens is 2. The van der Waals surface area contributed by atoms with Crippen molar-refractivity contribution in [1.82, 2.24) is 10.2 Å². The quantitative estimate of drug-likeness (QED) is 0.294. The molecule has 9 nitrogen and oxygen atoms in total. The van der Waals surface area contributed by atoms with Crippen molar-refractivity contribution in [3.8, 4) is 6.07 Å². The number of carbonyl (C=O) groups is 1. The number of hydrogen-bond donors (Lipinski definition) is 1. The van der Waals surface area contributed by atoms with Crippen molar-refractivity contribution in [1.29, 1.82) is 5.26 Å². The molecule has 3 rings (SSSR count). The molecule has 0 radical (unpaired) electrons. The van der Waals surface area contributed by atoms with Crippen LogP contribution in [-0.2, 0) is 5.75 Å². The highest BCUT2D eigenvalue weighted by Gasteiger charge is 2.18. The maximum Gasteiger partial charge on any atom is 0.433 e. The molecule has 0 bridgehead atoms. The van der Waals surface area contributed by atoms with Gasteiger partial charge in [-0.05, 0) is 23.8 Å². The average molecular weight is 387 g/mol. The lowest BCUT2D eigenvalue weighted by Gasteiger charge is -1.98. The number of hydrogen-bond acceptors (Lipinski definition) is 9. The van der Waals surface area contributed by atoms with E-state index in [1.807, 2.05) is 12.1 Å². The van der Waals surface area contributed by atoms with E-state index >= 15 is 0 Å². The van der Waals surface area contributed by atoms with Crippen LogP contribution in [0, 0.1) is 21.4 Å². The Labute approximate surface area is 154 Å². The van der Waals surface area contributed by atoms with Crippen LogP contribution in [0.2, 0.25) is 0 Å². The highest BCUT2D eigenvalue weighted by atomic mass is 32.2. The van der Waals surface area contributed by atoms with Crippen LogP contribution in [-0.4, -0.2) is 21.0 Å². The molecule has 0 saturated heterocycles. The molecule has 3 aromatic rings. The molecule has 0 aliphatic rings. The zero-order valence-electron chi connectivity index (χ0n) is 12.9. The van der Waals surface area contributed by atoms with Crippen molar-refractivity contribution in [2.45, 2.75) is 10.1 Å². The van der Waals surface area contributed by atoms with E-state index < -0.39 is 16.7 Å². The van der Waals surface area contributed by atoms with Gasteiger partial charge in [-0.15, -0.1) is 10.2 Å². The number of anilines is 1. The molecular weight excluding hydrogens is 378 g/mol. The van der Waals surface area contributed by atoms with Crippen LogP contribution in [0.1, 0.15) is 21.7 Å². The lowest BCUT2D eigenvalue weighted by atomic mass is 10.2. The molecule has 0 saturated carbocycles. The zero-order chi connectivity index (χ0) is 18.5. The summed E-state index contributed by atoms with van der Waals surface area (Å²) < 4.78 is 5.48. The highest BCUT2D eigenvalue weighted by molar-refractivity contribution is 8.00. The van der Waals surface area contributed by atoms with Gasteiger partial charge in [0.05, 0.1) is 17.7 Å². The van der Waals surface area contributed by atoms with Crippen LogP contribution in [0.4, 0.5) is 11.0 Å². The molecular formula is C15H9N5O4S2. The van der Waals surface area contributed by atoms with Gasteiger partial charge in [0.15, 0.2) is 10.1 Å². The third-order valence-electron chi connectivity index (χ3n) is 3.07. The fraction of sp³-hybridized carbons (Fsp3) is 0.0667. The minimum absolute atomic E-state index is 0.182. The first-order valence-corrected chi connectivity index (χ1v) is 8.86. The molecule has 1 amide bonds. The van der Waals surface area contributed by atoms with Gasteiger partial charge in [0.2, 0.25) is 5.13 Å². The fourth-order valence-corrected chi connectivity index (χ4v) is 3.55. The molecule has 130 valence electrons. The van der Waals surface area contributed by atoms with Crippen LogP contribution in [0.15, 0.2) is 45.2 Å². The van der Waals surface area contributed by atoms with E-state index in [4.69, 9.17) is 9.68 Å². The molecule has 1 N–H and O–H groups in total. The number of benzene rings is 1. The third kappa shape index (κ3) is 4.24. The maximum atomic E-state index is 12.0. The number of nitrogens with one attached hydrogen (secondary N) is 1. The summed E-state index contributed by atoms with van der Waals surface area (Å²) in [5.74, 6) is -0.693. The van der Waals surface area contributed by atoms with Crippen LogP contribution in [0.3, 0.4) is 0 Å². The summed E-state index contributed by atoms with van der Waals surface area (Å²) >= 11 is 2.61. The number of amides is 1. The summed E-state index contributed by atoms with van der Waals surface area (Å²) in [5, 5.41) is 29.9. The standard InChI is InChI=1S/C15H9N5O4S2/c16-7-9-1-3-10(4-2-9)8-25-15-19-18-14(26-15)17-13(21)11-5-6-12(24-11)20(22)23/h1-6H,8H2,(H,17,18,21). The topological polar surface area (TPSA) is 135 Å². The van der Waals surface area contributed by atoms with E-state index in [2.05, 4.69) is 21.6 Å². The van der Waals surface area contributed by atoms with Crippen molar-refractivity contribution in [2.24, 2.45) is 0 Å². The van der Waals surface area contributed by atoms with E-state index in [1.54, 1.807) is 12.1 Å².